The van der Waals surface area contributed by atoms with Crippen LogP contribution in [0.2, 0.25) is 0 Å². The smallest absolute Gasteiger partial charge is 0.135 e. The molecule has 0 saturated carbocycles. The quantitative estimate of drug-likeness (QED) is 0.577. The molecule has 0 amide bonds. The first kappa shape index (κ1) is 9.67. The van der Waals surface area contributed by atoms with Crippen LogP contribution in [0.15, 0.2) is 0 Å². The van der Waals surface area contributed by atoms with Crippen LogP contribution in [0, 0.1) is 5.92 Å². The van der Waals surface area contributed by atoms with Crippen LogP contribution in [0.25, 0.3) is 0 Å². The predicted octanol–water partition coefficient (Wildman–Crippen LogP) is 2.79. The van der Waals surface area contributed by atoms with Crippen LogP contribution < -0.4 is 0 Å². The first-order valence-electron chi connectivity index (χ1n) is 4.25. The summed E-state index contributed by atoms with van der Waals surface area (Å²) in [4.78, 5) is 11.0. The van der Waals surface area contributed by atoms with Crippen LogP contribution in [-0.4, -0.2) is 5.78 Å². The summed E-state index contributed by atoms with van der Waals surface area (Å²) in [6.07, 6.45) is 4.16. The lowest BCUT2D eigenvalue weighted by atomic mass is 9.98. The number of carbonyl (C=O) groups excluding carboxylic acids is 1. The number of ketones is 1. The standard InChI is InChI=1S/C9H18O/c1-4-6-7-8(3)9(10)5-2/h8H,4-7H2,1-3H3/t8-/m0/s1. The summed E-state index contributed by atoms with van der Waals surface area (Å²) in [7, 11) is 0. The van der Waals surface area contributed by atoms with Crippen molar-refractivity contribution in [1.82, 2.24) is 0 Å². The highest BCUT2D eigenvalue weighted by Gasteiger charge is 2.08. The van der Waals surface area contributed by atoms with Gasteiger partial charge in [0.25, 0.3) is 0 Å². The molecule has 1 atom stereocenters. The monoisotopic (exact) mass is 142 g/mol. The van der Waals surface area contributed by atoms with Gasteiger partial charge in [-0.15, -0.1) is 0 Å². The third-order valence-electron chi connectivity index (χ3n) is 1.89. The zero-order valence-corrected chi connectivity index (χ0v) is 7.31. The average molecular weight is 142 g/mol. The van der Waals surface area contributed by atoms with Gasteiger partial charge in [-0.3, -0.25) is 4.79 Å². The molecule has 0 spiro atoms. The van der Waals surface area contributed by atoms with Gasteiger partial charge < -0.3 is 0 Å². The summed E-state index contributed by atoms with van der Waals surface area (Å²) < 4.78 is 0. The van der Waals surface area contributed by atoms with Gasteiger partial charge in [-0.25, -0.2) is 0 Å². The molecule has 0 unspecified atom stereocenters. The molecule has 0 rings (SSSR count). The number of unbranched alkanes of at least 4 members (excludes halogenated alkanes) is 1. The Bertz CT molecular complexity index is 96.9. The molecule has 10 heavy (non-hydrogen) atoms. The number of rotatable bonds is 5. The Morgan fingerprint density at radius 1 is 1.40 bits per heavy atom. The van der Waals surface area contributed by atoms with Crippen LogP contribution in [0.3, 0.4) is 0 Å². The second-order valence-corrected chi connectivity index (χ2v) is 2.86. The summed E-state index contributed by atoms with van der Waals surface area (Å²) in [6, 6.07) is 0. The van der Waals surface area contributed by atoms with E-state index in [2.05, 4.69) is 6.92 Å². The summed E-state index contributed by atoms with van der Waals surface area (Å²) >= 11 is 0. The maximum absolute atomic E-state index is 11.0. The molecule has 0 bridgehead atoms. The van der Waals surface area contributed by atoms with E-state index >= 15 is 0 Å². The van der Waals surface area contributed by atoms with Gasteiger partial charge in [-0.1, -0.05) is 33.6 Å². The van der Waals surface area contributed by atoms with Gasteiger partial charge >= 0.3 is 0 Å². The molecule has 0 aromatic rings. The fourth-order valence-electron chi connectivity index (χ4n) is 1.02. The summed E-state index contributed by atoms with van der Waals surface area (Å²) in [5.41, 5.74) is 0. The van der Waals surface area contributed by atoms with E-state index < -0.39 is 0 Å². The van der Waals surface area contributed by atoms with E-state index in [1.165, 1.54) is 12.8 Å². The predicted molar refractivity (Wildman–Crippen MR) is 44.0 cm³/mol. The number of hydrogen-bond donors (Lipinski definition) is 0. The maximum Gasteiger partial charge on any atom is 0.135 e. The molecule has 0 aromatic heterocycles. The lowest BCUT2D eigenvalue weighted by Gasteiger charge is -2.06. The molecular formula is C9H18O. The minimum Gasteiger partial charge on any atom is -0.299 e. The molecule has 60 valence electrons. The maximum atomic E-state index is 11.0. The zero-order chi connectivity index (χ0) is 7.98. The van der Waals surface area contributed by atoms with Gasteiger partial charge in [0.2, 0.25) is 0 Å². The Balaban J connectivity index is 3.41. The molecule has 0 N–H and O–H groups in total. The van der Waals surface area contributed by atoms with Crippen molar-refractivity contribution in [2.24, 2.45) is 5.92 Å². The van der Waals surface area contributed by atoms with Crippen molar-refractivity contribution in [3.8, 4) is 0 Å². The van der Waals surface area contributed by atoms with Crippen molar-refractivity contribution >= 4 is 5.78 Å². The molecule has 1 nitrogen and oxygen atoms in total. The molecular weight excluding hydrogens is 124 g/mol. The third kappa shape index (κ3) is 3.65. The van der Waals surface area contributed by atoms with E-state index in [1.54, 1.807) is 0 Å². The topological polar surface area (TPSA) is 17.1 Å². The molecule has 0 aromatic carbocycles. The van der Waals surface area contributed by atoms with Crippen molar-refractivity contribution < 1.29 is 4.79 Å². The first-order chi connectivity index (χ1) is 4.72. The highest BCUT2D eigenvalue weighted by Crippen LogP contribution is 2.09. The summed E-state index contributed by atoms with van der Waals surface area (Å²) in [5.74, 6) is 0.707. The Morgan fingerprint density at radius 3 is 2.40 bits per heavy atom. The van der Waals surface area contributed by atoms with E-state index in [0.717, 1.165) is 6.42 Å². The van der Waals surface area contributed by atoms with Gasteiger partial charge in [0, 0.05) is 12.3 Å². The lowest BCUT2D eigenvalue weighted by Crippen LogP contribution is -2.08. The molecule has 0 saturated heterocycles. The Morgan fingerprint density at radius 2 is 2.00 bits per heavy atom. The number of hydrogen-bond acceptors (Lipinski definition) is 1. The van der Waals surface area contributed by atoms with Crippen LogP contribution in [-0.2, 0) is 4.79 Å². The van der Waals surface area contributed by atoms with Crippen LogP contribution in [0.5, 0.6) is 0 Å². The fourth-order valence-corrected chi connectivity index (χ4v) is 1.02. The van der Waals surface area contributed by atoms with E-state index in [0.29, 0.717) is 18.1 Å². The highest BCUT2D eigenvalue weighted by atomic mass is 16.1. The van der Waals surface area contributed by atoms with Crippen LogP contribution in [0.1, 0.15) is 46.5 Å². The highest BCUT2D eigenvalue weighted by molar-refractivity contribution is 5.80. The lowest BCUT2D eigenvalue weighted by molar-refractivity contribution is -0.122. The second-order valence-electron chi connectivity index (χ2n) is 2.86. The van der Waals surface area contributed by atoms with Crippen molar-refractivity contribution in [2.75, 3.05) is 0 Å². The second kappa shape index (κ2) is 5.45. The molecule has 0 aliphatic carbocycles. The molecule has 0 aliphatic rings. The van der Waals surface area contributed by atoms with Crippen molar-refractivity contribution in [3.05, 3.63) is 0 Å². The SMILES string of the molecule is CCCC[C@H](C)C(=O)CC. The summed E-state index contributed by atoms with van der Waals surface area (Å²) in [6.45, 7) is 6.12. The van der Waals surface area contributed by atoms with E-state index in [-0.39, 0.29) is 0 Å². The average Bonchev–Trinajstić information content (AvgIpc) is 1.98. The van der Waals surface area contributed by atoms with Gasteiger partial charge in [-0.05, 0) is 6.42 Å². The third-order valence-corrected chi connectivity index (χ3v) is 1.89. The molecule has 0 aliphatic heterocycles. The first-order valence-corrected chi connectivity index (χ1v) is 4.25. The molecule has 0 heterocycles. The minimum atomic E-state index is 0.296. The van der Waals surface area contributed by atoms with Gasteiger partial charge in [0.1, 0.15) is 5.78 Å². The Kier molecular flexibility index (Phi) is 5.27. The van der Waals surface area contributed by atoms with Crippen LogP contribution in [0.4, 0.5) is 0 Å². The summed E-state index contributed by atoms with van der Waals surface area (Å²) in [5, 5.41) is 0. The number of carbonyl (C=O) groups is 1. The fraction of sp³-hybridized carbons (Fsp3) is 0.889. The largest absolute Gasteiger partial charge is 0.299 e. The zero-order valence-electron chi connectivity index (χ0n) is 7.31. The van der Waals surface area contributed by atoms with Crippen molar-refractivity contribution in [1.29, 1.82) is 0 Å². The molecule has 1 heteroatoms. The van der Waals surface area contributed by atoms with Gasteiger partial charge in [-0.2, -0.15) is 0 Å². The van der Waals surface area contributed by atoms with E-state index in [4.69, 9.17) is 0 Å². The van der Waals surface area contributed by atoms with Crippen molar-refractivity contribution in [3.63, 3.8) is 0 Å². The molecule has 0 radical (unpaired) electrons. The van der Waals surface area contributed by atoms with Gasteiger partial charge in [0.15, 0.2) is 0 Å². The van der Waals surface area contributed by atoms with Crippen LogP contribution >= 0.6 is 0 Å². The number of Topliss-reactive ketones (excluding diaryl/α,β-unsaturated/α-hetero) is 1. The van der Waals surface area contributed by atoms with E-state index in [1.807, 2.05) is 13.8 Å². The molecule has 0 fully saturated rings. The van der Waals surface area contributed by atoms with E-state index in [9.17, 15) is 4.79 Å². The minimum absolute atomic E-state index is 0.296. The Hall–Kier alpha value is -0.330. The Labute approximate surface area is 63.8 Å². The van der Waals surface area contributed by atoms with Crippen molar-refractivity contribution in [2.45, 2.75) is 46.5 Å². The normalized spacial score (nSPS) is 13.1. The van der Waals surface area contributed by atoms with Gasteiger partial charge in [0.05, 0.1) is 0 Å².